The van der Waals surface area contributed by atoms with E-state index in [-0.39, 0.29) is 12.7 Å². The highest BCUT2D eigenvalue weighted by atomic mass is 16.6. The van der Waals surface area contributed by atoms with Gasteiger partial charge in [0.05, 0.1) is 19.3 Å². The lowest BCUT2D eigenvalue weighted by atomic mass is 9.73. The molecule has 1 aliphatic heterocycles. The van der Waals surface area contributed by atoms with Crippen molar-refractivity contribution >= 4 is 11.9 Å². The molecule has 3 rings (SSSR count). The smallest absolute Gasteiger partial charge is 0.303 e. The molecule has 6 nitrogen and oxygen atoms in total. The molecule has 2 aliphatic rings. The van der Waals surface area contributed by atoms with E-state index >= 15 is 0 Å². The molecule has 130 valence electrons. The molecule has 1 saturated heterocycles. The summed E-state index contributed by atoms with van der Waals surface area (Å²) >= 11 is 0. The molecule has 0 radical (unpaired) electrons. The van der Waals surface area contributed by atoms with Gasteiger partial charge in [-0.15, -0.1) is 0 Å². The Kier molecular flexibility index (Phi) is 4.87. The van der Waals surface area contributed by atoms with Crippen LogP contribution in [0.3, 0.4) is 0 Å². The van der Waals surface area contributed by atoms with E-state index < -0.39 is 29.7 Å². The number of esters is 2. The predicted octanol–water partition coefficient (Wildman–Crippen LogP) is 2.00. The van der Waals surface area contributed by atoms with Crippen molar-refractivity contribution in [3.8, 4) is 0 Å². The van der Waals surface area contributed by atoms with Gasteiger partial charge in [-0.3, -0.25) is 9.59 Å². The van der Waals surface area contributed by atoms with Crippen molar-refractivity contribution in [2.75, 3.05) is 6.61 Å². The van der Waals surface area contributed by atoms with E-state index in [1.54, 1.807) is 0 Å². The lowest BCUT2D eigenvalue weighted by Crippen LogP contribution is -2.57. The zero-order valence-electron chi connectivity index (χ0n) is 13.9. The van der Waals surface area contributed by atoms with Crippen LogP contribution >= 0.6 is 0 Å². The fraction of sp³-hybridized carbons (Fsp3) is 0.556. The van der Waals surface area contributed by atoms with Gasteiger partial charge in [0.2, 0.25) is 0 Å². The first-order chi connectivity index (χ1) is 11.5. The molecule has 0 N–H and O–H groups in total. The van der Waals surface area contributed by atoms with E-state index in [0.717, 1.165) is 5.56 Å². The van der Waals surface area contributed by atoms with Crippen LogP contribution in [0.2, 0.25) is 0 Å². The molecule has 1 aliphatic carbocycles. The van der Waals surface area contributed by atoms with Crippen LogP contribution in [0.4, 0.5) is 0 Å². The lowest BCUT2D eigenvalue weighted by molar-refractivity contribution is -0.202. The average Bonchev–Trinajstić information content (AvgIpc) is 2.83. The van der Waals surface area contributed by atoms with Crippen LogP contribution in [-0.2, 0) is 35.1 Å². The van der Waals surface area contributed by atoms with Crippen LogP contribution in [0.5, 0.6) is 0 Å². The van der Waals surface area contributed by atoms with Crippen molar-refractivity contribution in [1.29, 1.82) is 0 Å². The van der Waals surface area contributed by atoms with Crippen LogP contribution < -0.4 is 0 Å². The summed E-state index contributed by atoms with van der Waals surface area (Å²) in [4.78, 5) is 22.6. The Morgan fingerprint density at radius 1 is 1.12 bits per heavy atom. The van der Waals surface area contributed by atoms with Crippen LogP contribution in [-0.4, -0.2) is 42.5 Å². The lowest BCUT2D eigenvalue weighted by Gasteiger charge is -2.46. The SMILES string of the molecule is CC(=O)O[C@H]1COC2(CC(OCc3ccccc3)C2)[C@H]1OC(C)=O. The molecule has 0 aromatic heterocycles. The Labute approximate surface area is 141 Å². The van der Waals surface area contributed by atoms with Gasteiger partial charge in [0.1, 0.15) is 5.60 Å². The fourth-order valence-corrected chi connectivity index (χ4v) is 3.39. The van der Waals surface area contributed by atoms with Crippen LogP contribution in [0.1, 0.15) is 32.3 Å². The average molecular weight is 334 g/mol. The van der Waals surface area contributed by atoms with Crippen molar-refractivity contribution in [1.82, 2.24) is 0 Å². The number of carbonyl (C=O) groups excluding carboxylic acids is 2. The Morgan fingerprint density at radius 2 is 1.79 bits per heavy atom. The molecule has 2 fully saturated rings. The quantitative estimate of drug-likeness (QED) is 0.767. The van der Waals surface area contributed by atoms with Gasteiger partial charge >= 0.3 is 11.9 Å². The van der Waals surface area contributed by atoms with Gasteiger partial charge < -0.3 is 18.9 Å². The molecule has 1 heterocycles. The van der Waals surface area contributed by atoms with Gasteiger partial charge in [0.15, 0.2) is 12.2 Å². The van der Waals surface area contributed by atoms with E-state index in [9.17, 15) is 9.59 Å². The molecule has 0 unspecified atom stereocenters. The summed E-state index contributed by atoms with van der Waals surface area (Å²) in [5.74, 6) is -0.815. The maximum Gasteiger partial charge on any atom is 0.303 e. The van der Waals surface area contributed by atoms with Crippen molar-refractivity contribution < 1.29 is 28.5 Å². The third kappa shape index (κ3) is 3.60. The minimum Gasteiger partial charge on any atom is -0.456 e. The van der Waals surface area contributed by atoms with Crippen LogP contribution in [0.15, 0.2) is 30.3 Å². The highest BCUT2D eigenvalue weighted by Gasteiger charge is 2.61. The minimum absolute atomic E-state index is 0.0411. The Hall–Kier alpha value is -1.92. The number of ether oxygens (including phenoxy) is 4. The molecular weight excluding hydrogens is 312 g/mol. The van der Waals surface area contributed by atoms with Gasteiger partial charge in [0, 0.05) is 26.7 Å². The Morgan fingerprint density at radius 3 is 2.42 bits per heavy atom. The van der Waals surface area contributed by atoms with Gasteiger partial charge in [-0.25, -0.2) is 0 Å². The van der Waals surface area contributed by atoms with Gasteiger partial charge in [0.25, 0.3) is 0 Å². The molecule has 0 amide bonds. The second-order valence-corrected chi connectivity index (χ2v) is 6.38. The molecule has 2 atom stereocenters. The summed E-state index contributed by atoms with van der Waals surface area (Å²) in [5.41, 5.74) is 0.507. The van der Waals surface area contributed by atoms with Gasteiger partial charge in [-0.2, -0.15) is 0 Å². The molecule has 1 aromatic carbocycles. The minimum atomic E-state index is -0.604. The highest BCUT2D eigenvalue weighted by Crippen LogP contribution is 2.47. The highest BCUT2D eigenvalue weighted by molar-refractivity contribution is 5.67. The molecule has 6 heteroatoms. The van der Waals surface area contributed by atoms with Crippen molar-refractivity contribution in [2.24, 2.45) is 0 Å². The van der Waals surface area contributed by atoms with E-state index in [1.807, 2.05) is 30.3 Å². The first-order valence-corrected chi connectivity index (χ1v) is 8.12. The van der Waals surface area contributed by atoms with Crippen LogP contribution in [0, 0.1) is 0 Å². The van der Waals surface area contributed by atoms with Crippen molar-refractivity contribution in [3.63, 3.8) is 0 Å². The first-order valence-electron chi connectivity index (χ1n) is 8.12. The van der Waals surface area contributed by atoms with Gasteiger partial charge in [-0.1, -0.05) is 30.3 Å². The molecule has 24 heavy (non-hydrogen) atoms. The zero-order chi connectivity index (χ0) is 17.2. The predicted molar refractivity (Wildman–Crippen MR) is 84.0 cm³/mol. The molecule has 0 bridgehead atoms. The largest absolute Gasteiger partial charge is 0.456 e. The summed E-state index contributed by atoms with van der Waals surface area (Å²) in [5, 5.41) is 0. The molecule has 1 spiro atoms. The number of rotatable bonds is 5. The summed E-state index contributed by atoms with van der Waals surface area (Å²) in [7, 11) is 0. The topological polar surface area (TPSA) is 71.1 Å². The summed E-state index contributed by atoms with van der Waals surface area (Å²) in [6, 6.07) is 9.94. The normalized spacial score (nSPS) is 31.5. The summed E-state index contributed by atoms with van der Waals surface area (Å²) < 4.78 is 22.4. The maximum absolute atomic E-state index is 11.4. The molecule has 1 aromatic rings. The second-order valence-electron chi connectivity index (χ2n) is 6.38. The maximum atomic E-state index is 11.4. The second kappa shape index (κ2) is 6.91. The summed E-state index contributed by atoms with van der Waals surface area (Å²) in [6.07, 6.45) is 0.154. The Balaban J connectivity index is 1.57. The van der Waals surface area contributed by atoms with E-state index in [0.29, 0.717) is 19.4 Å². The van der Waals surface area contributed by atoms with Crippen molar-refractivity contribution in [3.05, 3.63) is 35.9 Å². The Bertz CT molecular complexity index is 593. The van der Waals surface area contributed by atoms with E-state index in [4.69, 9.17) is 18.9 Å². The van der Waals surface area contributed by atoms with Gasteiger partial charge in [-0.05, 0) is 5.56 Å². The zero-order valence-corrected chi connectivity index (χ0v) is 13.9. The number of benzene rings is 1. The molecular formula is C18H22O6. The standard InChI is InChI=1S/C18H22O6/c1-12(19)23-16-11-22-18(17(16)24-13(2)20)8-15(9-18)21-10-14-6-4-3-5-7-14/h3-7,15-17H,8-11H2,1-2H3/t15?,16-,17-,18?/m0/s1. The van der Waals surface area contributed by atoms with E-state index in [1.165, 1.54) is 13.8 Å². The molecule has 1 saturated carbocycles. The number of hydrogen-bond acceptors (Lipinski definition) is 6. The fourth-order valence-electron chi connectivity index (χ4n) is 3.39. The number of carbonyl (C=O) groups is 2. The van der Waals surface area contributed by atoms with Crippen molar-refractivity contribution in [2.45, 2.75) is 57.2 Å². The third-order valence-electron chi connectivity index (χ3n) is 4.48. The summed E-state index contributed by atoms with van der Waals surface area (Å²) in [6.45, 7) is 3.46. The van der Waals surface area contributed by atoms with E-state index in [2.05, 4.69) is 0 Å². The third-order valence-corrected chi connectivity index (χ3v) is 4.48. The monoisotopic (exact) mass is 334 g/mol. The first kappa shape index (κ1) is 16.9. The van der Waals surface area contributed by atoms with Crippen LogP contribution in [0.25, 0.3) is 0 Å². The number of hydrogen-bond donors (Lipinski definition) is 0.